The van der Waals surface area contributed by atoms with Crippen molar-refractivity contribution in [2.24, 2.45) is 0 Å². The Morgan fingerprint density at radius 1 is 0.310 bits per heavy atom. The molecule has 0 amide bonds. The summed E-state index contributed by atoms with van der Waals surface area (Å²) in [6.45, 7) is 6.36. The largest absolute Gasteiger partial charge is 0.462 e. The van der Waals surface area contributed by atoms with Crippen LogP contribution in [0.4, 0.5) is 0 Å². The van der Waals surface area contributed by atoms with Crippen molar-refractivity contribution in [1.29, 1.82) is 0 Å². The van der Waals surface area contributed by atoms with Crippen LogP contribution in [0, 0.1) is 0 Å². The van der Waals surface area contributed by atoms with Crippen LogP contribution >= 0.6 is 0 Å². The van der Waals surface area contributed by atoms with E-state index >= 15 is 0 Å². The van der Waals surface area contributed by atoms with Crippen LogP contribution in [-0.2, 0) is 28.6 Å². The van der Waals surface area contributed by atoms with E-state index in [1.54, 1.807) is 0 Å². The van der Waals surface area contributed by atoms with Gasteiger partial charge in [0, 0.05) is 19.3 Å². The maximum atomic E-state index is 12.9. The molecule has 0 saturated heterocycles. The number of rotatable bonds is 51. The second kappa shape index (κ2) is 58.4. The van der Waals surface area contributed by atoms with E-state index in [0.717, 1.165) is 148 Å². The molecule has 0 saturated carbocycles. The first-order valence-electron chi connectivity index (χ1n) is 29.1. The normalized spacial score (nSPS) is 13.0. The average molecular weight is 984 g/mol. The van der Waals surface area contributed by atoms with Crippen LogP contribution in [0.5, 0.6) is 0 Å². The molecule has 1 atom stereocenters. The molecule has 0 radical (unpaired) electrons. The topological polar surface area (TPSA) is 78.9 Å². The Morgan fingerprint density at radius 3 is 0.958 bits per heavy atom. The molecule has 6 nitrogen and oxygen atoms in total. The second-order valence-electron chi connectivity index (χ2n) is 18.8. The molecule has 0 N–H and O–H groups in total. The lowest BCUT2D eigenvalue weighted by Gasteiger charge is -2.18. The van der Waals surface area contributed by atoms with Gasteiger partial charge in [0.2, 0.25) is 0 Å². The number of ether oxygens (including phenoxy) is 3. The number of allylic oxidation sites excluding steroid dienone is 20. The van der Waals surface area contributed by atoms with Crippen molar-refractivity contribution in [3.8, 4) is 0 Å². The minimum absolute atomic E-state index is 0.105. The molecule has 71 heavy (non-hydrogen) atoms. The van der Waals surface area contributed by atoms with Gasteiger partial charge in [-0.25, -0.2) is 0 Å². The molecule has 0 heterocycles. The monoisotopic (exact) mass is 983 g/mol. The Bertz CT molecular complexity index is 1500. The van der Waals surface area contributed by atoms with Crippen LogP contribution in [0.2, 0.25) is 0 Å². The molecule has 1 unspecified atom stereocenters. The summed E-state index contributed by atoms with van der Waals surface area (Å²) in [6, 6.07) is 0. The quantitative estimate of drug-likeness (QED) is 0.0199. The second-order valence-corrected chi connectivity index (χ2v) is 18.8. The molecule has 0 aliphatic rings. The van der Waals surface area contributed by atoms with Crippen LogP contribution in [0.1, 0.15) is 252 Å². The molecule has 0 aromatic heterocycles. The van der Waals surface area contributed by atoms with Gasteiger partial charge in [0.25, 0.3) is 0 Å². The molecule has 0 aromatic carbocycles. The van der Waals surface area contributed by atoms with Crippen LogP contribution in [0.15, 0.2) is 122 Å². The molecule has 402 valence electrons. The molecular weight excluding hydrogens is 877 g/mol. The summed E-state index contributed by atoms with van der Waals surface area (Å²) in [5.41, 5.74) is 0. The van der Waals surface area contributed by atoms with E-state index in [4.69, 9.17) is 14.2 Å². The summed E-state index contributed by atoms with van der Waals surface area (Å²) in [6.07, 6.45) is 80.4. The summed E-state index contributed by atoms with van der Waals surface area (Å²) in [4.78, 5) is 38.2. The lowest BCUT2D eigenvalue weighted by atomic mass is 10.1. The number of hydrogen-bond donors (Lipinski definition) is 0. The van der Waals surface area contributed by atoms with Crippen molar-refractivity contribution in [1.82, 2.24) is 0 Å². The molecule has 0 aliphatic heterocycles. The van der Waals surface area contributed by atoms with Crippen molar-refractivity contribution >= 4 is 17.9 Å². The lowest BCUT2D eigenvalue weighted by Crippen LogP contribution is -2.30. The predicted molar refractivity (Wildman–Crippen MR) is 306 cm³/mol. The van der Waals surface area contributed by atoms with E-state index in [-0.39, 0.29) is 31.1 Å². The van der Waals surface area contributed by atoms with Gasteiger partial charge in [-0.3, -0.25) is 14.4 Å². The van der Waals surface area contributed by atoms with Crippen LogP contribution in [-0.4, -0.2) is 37.2 Å². The summed E-state index contributed by atoms with van der Waals surface area (Å²) in [5, 5.41) is 0. The minimum Gasteiger partial charge on any atom is -0.462 e. The average Bonchev–Trinajstić information content (AvgIpc) is 3.37. The molecule has 0 spiro atoms. The van der Waals surface area contributed by atoms with Gasteiger partial charge in [0.05, 0.1) is 0 Å². The number of carbonyl (C=O) groups is 3. The fourth-order valence-electron chi connectivity index (χ4n) is 7.65. The molecule has 0 bridgehead atoms. The SMILES string of the molecule is CC/C=C\C/C=C\C/C=C\C/C=C\C/C=C\CCCCCC(=O)OCC(COC(=O)CCCCCCCC/C=C\C/C=C\C/C=C\CC)OC(=O)CCCCCCC/C=C\C=C/CCCCCCCCC. The third-order valence-corrected chi connectivity index (χ3v) is 12.0. The molecular formula is C65H106O6. The van der Waals surface area contributed by atoms with Gasteiger partial charge in [0.15, 0.2) is 6.10 Å². The first kappa shape index (κ1) is 66.8. The van der Waals surface area contributed by atoms with Gasteiger partial charge in [-0.15, -0.1) is 0 Å². The Labute approximate surface area is 437 Å². The van der Waals surface area contributed by atoms with E-state index in [1.807, 2.05) is 0 Å². The highest BCUT2D eigenvalue weighted by atomic mass is 16.6. The van der Waals surface area contributed by atoms with Gasteiger partial charge in [-0.1, -0.05) is 232 Å². The maximum absolute atomic E-state index is 12.9. The number of carbonyl (C=O) groups excluding carboxylic acids is 3. The Morgan fingerprint density at radius 2 is 0.592 bits per heavy atom. The predicted octanol–water partition coefficient (Wildman–Crippen LogP) is 19.6. The first-order valence-corrected chi connectivity index (χ1v) is 29.1. The molecule has 0 fully saturated rings. The van der Waals surface area contributed by atoms with Gasteiger partial charge >= 0.3 is 17.9 Å². The zero-order valence-corrected chi connectivity index (χ0v) is 45.9. The zero-order chi connectivity index (χ0) is 51.4. The molecule has 0 aromatic rings. The third-order valence-electron chi connectivity index (χ3n) is 12.0. The molecule has 0 aliphatic carbocycles. The highest BCUT2D eigenvalue weighted by Crippen LogP contribution is 2.14. The van der Waals surface area contributed by atoms with Crippen LogP contribution < -0.4 is 0 Å². The van der Waals surface area contributed by atoms with Gasteiger partial charge in [-0.2, -0.15) is 0 Å². The number of hydrogen-bond acceptors (Lipinski definition) is 6. The third kappa shape index (κ3) is 56.6. The highest BCUT2D eigenvalue weighted by Gasteiger charge is 2.19. The summed E-state index contributed by atoms with van der Waals surface area (Å²) in [5.74, 6) is -0.966. The summed E-state index contributed by atoms with van der Waals surface area (Å²) >= 11 is 0. The molecule has 6 heteroatoms. The Balaban J connectivity index is 4.52. The van der Waals surface area contributed by atoms with Crippen molar-refractivity contribution in [3.05, 3.63) is 122 Å². The maximum Gasteiger partial charge on any atom is 0.306 e. The summed E-state index contributed by atoms with van der Waals surface area (Å²) in [7, 11) is 0. The van der Waals surface area contributed by atoms with Gasteiger partial charge < -0.3 is 14.2 Å². The fraction of sp³-hybridized carbons (Fsp3) is 0.646. The zero-order valence-electron chi connectivity index (χ0n) is 45.9. The van der Waals surface area contributed by atoms with Crippen molar-refractivity contribution in [3.63, 3.8) is 0 Å². The van der Waals surface area contributed by atoms with Crippen LogP contribution in [0.3, 0.4) is 0 Å². The van der Waals surface area contributed by atoms with E-state index in [2.05, 4.69) is 142 Å². The first-order chi connectivity index (χ1) is 35.0. The van der Waals surface area contributed by atoms with E-state index in [9.17, 15) is 14.4 Å². The minimum atomic E-state index is -0.810. The number of esters is 3. The van der Waals surface area contributed by atoms with E-state index in [0.29, 0.717) is 19.3 Å². The summed E-state index contributed by atoms with van der Waals surface area (Å²) < 4.78 is 16.8. The highest BCUT2D eigenvalue weighted by molar-refractivity contribution is 5.71. The van der Waals surface area contributed by atoms with Gasteiger partial charge in [0.1, 0.15) is 13.2 Å². The Kier molecular flexibility index (Phi) is 54.9. The lowest BCUT2D eigenvalue weighted by molar-refractivity contribution is -0.167. The van der Waals surface area contributed by atoms with Crippen molar-refractivity contribution in [2.75, 3.05) is 13.2 Å². The van der Waals surface area contributed by atoms with Crippen molar-refractivity contribution in [2.45, 2.75) is 258 Å². The van der Waals surface area contributed by atoms with Crippen molar-refractivity contribution < 1.29 is 28.6 Å². The standard InChI is InChI=1S/C65H106O6/c1-4-7-10-13-16-19-22-25-28-31-33-35-37-40-43-46-49-52-55-58-64(67)70-61-62(60-69-63(66)57-54-51-48-45-42-39-36-30-27-24-21-18-15-12-9-6-3)71-65(68)59-56-53-50-47-44-41-38-34-32-29-26-23-20-17-14-11-8-5-2/h7,9-10,12,16,18-19,21,25,27-30,32-35,38,40,43,62H,4-6,8,11,13-15,17,20,22-24,26,31,36-37,39,41-42,44-61H2,1-3H3/b10-7-,12-9-,19-16-,21-18-,28-25-,30-27-,32-29-,35-33-,38-34-,43-40-. The van der Waals surface area contributed by atoms with E-state index in [1.165, 1.54) is 64.2 Å². The fourth-order valence-corrected chi connectivity index (χ4v) is 7.65. The smallest absolute Gasteiger partial charge is 0.306 e. The van der Waals surface area contributed by atoms with Crippen LogP contribution in [0.25, 0.3) is 0 Å². The number of unbranched alkanes of at least 4 members (excludes halogenated alkanes) is 21. The van der Waals surface area contributed by atoms with E-state index < -0.39 is 6.10 Å². The Hall–Kier alpha value is -4.19. The molecule has 0 rings (SSSR count). The van der Waals surface area contributed by atoms with Gasteiger partial charge in [-0.05, 0) is 122 Å².